The number of piperazine rings is 1. The second-order valence-corrected chi connectivity index (χ2v) is 9.49. The van der Waals surface area contributed by atoms with Crippen LogP contribution in [-0.4, -0.2) is 63.3 Å². The maximum absolute atomic E-state index is 12.7. The first-order chi connectivity index (χ1) is 15.1. The summed E-state index contributed by atoms with van der Waals surface area (Å²) in [5.74, 6) is 1.17. The fourth-order valence-corrected chi connectivity index (χ4v) is 3.93. The number of anilines is 1. The number of rotatable bonds is 3. The van der Waals surface area contributed by atoms with Crippen molar-refractivity contribution < 1.29 is 15.0 Å². The van der Waals surface area contributed by atoms with Crippen molar-refractivity contribution in [1.82, 2.24) is 14.9 Å². The van der Waals surface area contributed by atoms with Gasteiger partial charge in [-0.1, -0.05) is 39.0 Å². The van der Waals surface area contributed by atoms with E-state index in [1.54, 1.807) is 23.1 Å². The molecule has 2 N–H and O–H groups in total. The summed E-state index contributed by atoms with van der Waals surface area (Å²) in [6, 6.07) is 13.1. The summed E-state index contributed by atoms with van der Waals surface area (Å²) < 4.78 is 0. The van der Waals surface area contributed by atoms with E-state index in [4.69, 9.17) is 9.97 Å². The third-order valence-electron chi connectivity index (χ3n) is 5.92. The van der Waals surface area contributed by atoms with Crippen molar-refractivity contribution in [1.29, 1.82) is 0 Å². The molecule has 0 aliphatic carbocycles. The van der Waals surface area contributed by atoms with E-state index in [2.05, 4.69) is 4.90 Å². The second-order valence-electron chi connectivity index (χ2n) is 9.49. The van der Waals surface area contributed by atoms with E-state index in [1.807, 2.05) is 52.0 Å². The third-order valence-corrected chi connectivity index (χ3v) is 5.92. The monoisotopic (exact) mass is 434 g/mol. The minimum atomic E-state index is -1.02. The number of nitrogens with zero attached hydrogens (tertiary/aromatic N) is 4. The fourth-order valence-electron chi connectivity index (χ4n) is 3.93. The topological polar surface area (TPSA) is 89.8 Å². The molecule has 32 heavy (non-hydrogen) atoms. The highest BCUT2D eigenvalue weighted by Crippen LogP contribution is 2.32. The number of aryl methyl sites for hydroxylation is 1. The molecule has 2 aromatic carbocycles. The Balaban J connectivity index is 1.66. The number of amides is 1. The minimum Gasteiger partial charge on any atom is -0.507 e. The molecule has 2 heterocycles. The predicted molar refractivity (Wildman–Crippen MR) is 126 cm³/mol. The quantitative estimate of drug-likeness (QED) is 0.657. The number of para-hydroxylation sites is 1. The van der Waals surface area contributed by atoms with Crippen molar-refractivity contribution in [2.75, 3.05) is 31.1 Å². The first-order valence-corrected chi connectivity index (χ1v) is 10.9. The number of hydrogen-bond donors (Lipinski definition) is 2. The highest BCUT2D eigenvalue weighted by molar-refractivity contribution is 5.92. The maximum atomic E-state index is 12.7. The molecule has 1 atom stereocenters. The zero-order valence-electron chi connectivity index (χ0n) is 19.0. The third kappa shape index (κ3) is 4.25. The first kappa shape index (κ1) is 22.0. The van der Waals surface area contributed by atoms with Gasteiger partial charge >= 0.3 is 0 Å². The Bertz CT molecular complexity index is 1150. The van der Waals surface area contributed by atoms with Crippen molar-refractivity contribution in [2.24, 2.45) is 5.41 Å². The Kier molecular flexibility index (Phi) is 5.77. The number of phenols is 1. The lowest BCUT2D eigenvalue weighted by Gasteiger charge is -2.38. The van der Waals surface area contributed by atoms with Gasteiger partial charge in [-0.2, -0.15) is 0 Å². The number of benzene rings is 2. The molecule has 4 rings (SSSR count). The molecule has 7 nitrogen and oxygen atoms in total. The zero-order chi connectivity index (χ0) is 23.0. The second kappa shape index (κ2) is 8.39. The molecule has 0 saturated carbocycles. The van der Waals surface area contributed by atoms with Gasteiger partial charge in [0.25, 0.3) is 5.91 Å². The average Bonchev–Trinajstić information content (AvgIpc) is 2.77. The molecule has 0 radical (unpaired) electrons. The average molecular weight is 435 g/mol. The van der Waals surface area contributed by atoms with E-state index in [9.17, 15) is 15.0 Å². The van der Waals surface area contributed by atoms with Crippen LogP contribution in [0.25, 0.3) is 22.3 Å². The molecule has 0 bridgehead atoms. The summed E-state index contributed by atoms with van der Waals surface area (Å²) in [5.41, 5.74) is 1.99. The van der Waals surface area contributed by atoms with Crippen LogP contribution in [0.15, 0.2) is 42.5 Å². The predicted octanol–water partition coefficient (Wildman–Crippen LogP) is 3.37. The highest BCUT2D eigenvalue weighted by atomic mass is 16.3. The van der Waals surface area contributed by atoms with Gasteiger partial charge in [-0.05, 0) is 42.2 Å². The van der Waals surface area contributed by atoms with Crippen LogP contribution in [0.1, 0.15) is 26.3 Å². The lowest BCUT2D eigenvalue weighted by atomic mass is 9.88. The molecule has 1 saturated heterocycles. The molecule has 0 spiro atoms. The molecule has 7 heteroatoms. The van der Waals surface area contributed by atoms with Crippen LogP contribution < -0.4 is 4.90 Å². The lowest BCUT2D eigenvalue weighted by molar-refractivity contribution is -0.146. The van der Waals surface area contributed by atoms with Crippen LogP contribution in [0.5, 0.6) is 5.75 Å². The van der Waals surface area contributed by atoms with E-state index < -0.39 is 11.5 Å². The van der Waals surface area contributed by atoms with Gasteiger partial charge in [-0.15, -0.1) is 0 Å². The SMILES string of the molecule is Cc1ccc2c(N3CCN(C(=O)C(O)C(C)(C)C)CC3)nc(-c3ccccc3O)nc2c1. The number of phenolic OH excluding ortho intramolecular Hbond substituents is 1. The Morgan fingerprint density at radius 2 is 1.72 bits per heavy atom. The Morgan fingerprint density at radius 3 is 2.38 bits per heavy atom. The van der Waals surface area contributed by atoms with Crippen LogP contribution in [0.4, 0.5) is 5.82 Å². The summed E-state index contributed by atoms with van der Waals surface area (Å²) in [5, 5.41) is 21.7. The van der Waals surface area contributed by atoms with E-state index in [1.165, 1.54) is 0 Å². The van der Waals surface area contributed by atoms with Gasteiger partial charge in [0.05, 0.1) is 11.1 Å². The molecular formula is C25H30N4O3. The molecule has 1 unspecified atom stereocenters. The van der Waals surface area contributed by atoms with Gasteiger partial charge in [0, 0.05) is 31.6 Å². The summed E-state index contributed by atoms with van der Waals surface area (Å²) in [6.07, 6.45) is -1.02. The van der Waals surface area contributed by atoms with E-state index in [0.29, 0.717) is 37.6 Å². The summed E-state index contributed by atoms with van der Waals surface area (Å²) in [6.45, 7) is 9.83. The smallest absolute Gasteiger partial charge is 0.252 e. The van der Waals surface area contributed by atoms with Gasteiger partial charge in [0.15, 0.2) is 5.82 Å². The number of carbonyl (C=O) groups is 1. The fraction of sp³-hybridized carbons (Fsp3) is 0.400. The van der Waals surface area contributed by atoms with Gasteiger partial charge in [-0.3, -0.25) is 4.79 Å². The number of aromatic hydroxyl groups is 1. The number of hydrogen-bond acceptors (Lipinski definition) is 6. The maximum Gasteiger partial charge on any atom is 0.252 e. The van der Waals surface area contributed by atoms with Gasteiger partial charge in [0.1, 0.15) is 17.7 Å². The highest BCUT2D eigenvalue weighted by Gasteiger charge is 2.34. The summed E-state index contributed by atoms with van der Waals surface area (Å²) in [7, 11) is 0. The normalized spacial score (nSPS) is 15.8. The number of fused-ring (bicyclic) bond motifs is 1. The number of aliphatic hydroxyl groups excluding tert-OH is 1. The minimum absolute atomic E-state index is 0.136. The van der Waals surface area contributed by atoms with E-state index >= 15 is 0 Å². The summed E-state index contributed by atoms with van der Waals surface area (Å²) >= 11 is 0. The van der Waals surface area contributed by atoms with Crippen molar-refractivity contribution >= 4 is 22.6 Å². The Hall–Kier alpha value is -3.19. The molecule has 1 aromatic heterocycles. The Labute approximate surface area is 188 Å². The van der Waals surface area contributed by atoms with Crippen LogP contribution in [0, 0.1) is 12.3 Å². The van der Waals surface area contributed by atoms with Crippen LogP contribution >= 0.6 is 0 Å². The Morgan fingerprint density at radius 1 is 1.03 bits per heavy atom. The summed E-state index contributed by atoms with van der Waals surface area (Å²) in [4.78, 5) is 26.1. The molecule has 1 aliphatic rings. The first-order valence-electron chi connectivity index (χ1n) is 10.9. The van der Waals surface area contributed by atoms with Crippen molar-refractivity contribution in [2.45, 2.75) is 33.8 Å². The molecular weight excluding hydrogens is 404 g/mol. The van der Waals surface area contributed by atoms with Gasteiger partial charge in [-0.25, -0.2) is 9.97 Å². The van der Waals surface area contributed by atoms with E-state index in [0.717, 1.165) is 22.3 Å². The largest absolute Gasteiger partial charge is 0.507 e. The van der Waals surface area contributed by atoms with Crippen molar-refractivity contribution in [3.63, 3.8) is 0 Å². The van der Waals surface area contributed by atoms with Crippen LogP contribution in [0.3, 0.4) is 0 Å². The van der Waals surface area contributed by atoms with Crippen LogP contribution in [-0.2, 0) is 4.79 Å². The number of carbonyl (C=O) groups excluding carboxylic acids is 1. The van der Waals surface area contributed by atoms with Gasteiger partial charge < -0.3 is 20.0 Å². The molecule has 1 amide bonds. The molecule has 1 aliphatic heterocycles. The van der Waals surface area contributed by atoms with E-state index in [-0.39, 0.29) is 11.7 Å². The number of aromatic nitrogens is 2. The van der Waals surface area contributed by atoms with Crippen molar-refractivity contribution in [3.8, 4) is 17.1 Å². The standard InChI is InChI=1S/C25H30N4O3/c1-16-9-10-17-19(15-16)26-22(18-7-5-6-8-20(18)30)27-23(17)28-11-13-29(14-12-28)24(32)21(31)25(2,3)4/h5-10,15,21,30-31H,11-14H2,1-4H3. The van der Waals surface area contributed by atoms with Crippen LogP contribution in [0.2, 0.25) is 0 Å². The number of aliphatic hydroxyl groups is 1. The van der Waals surface area contributed by atoms with Gasteiger partial charge in [0.2, 0.25) is 0 Å². The zero-order valence-corrected chi connectivity index (χ0v) is 19.0. The van der Waals surface area contributed by atoms with Crippen molar-refractivity contribution in [3.05, 3.63) is 48.0 Å². The molecule has 1 fully saturated rings. The lowest BCUT2D eigenvalue weighted by Crippen LogP contribution is -2.53. The molecule has 3 aromatic rings. The molecule has 168 valence electrons.